The first-order chi connectivity index (χ1) is 9.56. The lowest BCUT2D eigenvalue weighted by Crippen LogP contribution is -2.63. The molecular weight excluding hydrogens is 254 g/mol. The second-order valence-electron chi connectivity index (χ2n) is 7.10. The van der Waals surface area contributed by atoms with Crippen LogP contribution in [0.3, 0.4) is 0 Å². The van der Waals surface area contributed by atoms with Gasteiger partial charge in [0.25, 0.3) is 0 Å². The summed E-state index contributed by atoms with van der Waals surface area (Å²) in [5.41, 5.74) is 0.255. The molecule has 1 heterocycles. The largest absolute Gasteiger partial charge is 0.378 e. The Balaban J connectivity index is 1.46. The topological polar surface area (TPSA) is 39.7 Å². The van der Waals surface area contributed by atoms with Gasteiger partial charge in [0.1, 0.15) is 0 Å². The van der Waals surface area contributed by atoms with E-state index in [4.69, 9.17) is 14.2 Å². The zero-order valence-corrected chi connectivity index (χ0v) is 13.1. The molecule has 2 saturated carbocycles. The van der Waals surface area contributed by atoms with Crippen molar-refractivity contribution in [2.24, 2.45) is 5.41 Å². The minimum atomic E-state index is -0.235. The van der Waals surface area contributed by atoms with Crippen LogP contribution in [0.25, 0.3) is 0 Å². The summed E-state index contributed by atoms with van der Waals surface area (Å²) in [5.74, 6) is -0.235. The molecule has 0 aromatic rings. The number of hydrogen-bond donors (Lipinski definition) is 1. The first kappa shape index (κ1) is 14.8. The Morgan fingerprint density at radius 1 is 1.15 bits per heavy atom. The van der Waals surface area contributed by atoms with Crippen molar-refractivity contribution in [1.29, 1.82) is 0 Å². The van der Waals surface area contributed by atoms with Crippen molar-refractivity contribution in [3.8, 4) is 0 Å². The fraction of sp³-hybridized carbons (Fsp3) is 1.00. The molecule has 0 bridgehead atoms. The lowest BCUT2D eigenvalue weighted by molar-refractivity contribution is -0.182. The minimum Gasteiger partial charge on any atom is -0.378 e. The van der Waals surface area contributed by atoms with Gasteiger partial charge in [-0.25, -0.2) is 0 Å². The molecule has 3 fully saturated rings. The van der Waals surface area contributed by atoms with Crippen molar-refractivity contribution in [3.05, 3.63) is 0 Å². The number of hydrogen-bond acceptors (Lipinski definition) is 4. The first-order valence-electron chi connectivity index (χ1n) is 8.21. The monoisotopic (exact) mass is 283 g/mol. The van der Waals surface area contributed by atoms with Crippen molar-refractivity contribution < 1.29 is 14.2 Å². The molecule has 4 nitrogen and oxygen atoms in total. The van der Waals surface area contributed by atoms with E-state index in [1.165, 1.54) is 0 Å². The highest BCUT2D eigenvalue weighted by Gasteiger charge is 2.50. The van der Waals surface area contributed by atoms with Gasteiger partial charge in [-0.05, 0) is 26.2 Å². The van der Waals surface area contributed by atoms with Crippen LogP contribution in [0, 0.1) is 5.41 Å². The van der Waals surface area contributed by atoms with Gasteiger partial charge in [0.2, 0.25) is 0 Å². The molecule has 2 aliphatic carbocycles. The number of nitrogens with one attached hydrogen (secondary N) is 1. The number of rotatable bonds is 4. The molecule has 0 radical (unpaired) electrons. The maximum absolute atomic E-state index is 5.81. The average Bonchev–Trinajstić information content (AvgIpc) is 2.88. The summed E-state index contributed by atoms with van der Waals surface area (Å²) in [4.78, 5) is 0. The molecule has 1 aliphatic heterocycles. The predicted octanol–water partition coefficient (Wildman–Crippen LogP) is 2.47. The van der Waals surface area contributed by atoms with Crippen LogP contribution in [-0.2, 0) is 14.2 Å². The zero-order chi connectivity index (χ0) is 14.2. The van der Waals surface area contributed by atoms with Gasteiger partial charge in [-0.3, -0.25) is 0 Å². The van der Waals surface area contributed by atoms with Gasteiger partial charge in [-0.15, -0.1) is 0 Å². The standard InChI is InChI=1S/C16H29NO3/c1-4-18-14-11-13(15(14,2)3)17-12-5-7-16(8-6-12)19-9-10-20-16/h12-14,17H,4-11H2,1-3H3/t13-,14-/m1/s1. The van der Waals surface area contributed by atoms with Crippen LogP contribution >= 0.6 is 0 Å². The molecule has 116 valence electrons. The lowest BCUT2D eigenvalue weighted by atomic mass is 9.64. The SMILES string of the molecule is CCO[C@@H]1C[C@@H](NC2CCC3(CC2)OCCO3)C1(C)C. The smallest absolute Gasteiger partial charge is 0.168 e. The molecule has 0 aromatic carbocycles. The Hall–Kier alpha value is -0.160. The van der Waals surface area contributed by atoms with E-state index in [1.807, 2.05) is 0 Å². The van der Waals surface area contributed by atoms with Crippen LogP contribution in [0.4, 0.5) is 0 Å². The highest BCUT2D eigenvalue weighted by molar-refractivity contribution is 5.04. The van der Waals surface area contributed by atoms with Crippen molar-refractivity contribution in [2.75, 3.05) is 19.8 Å². The Labute approximate surface area is 122 Å². The normalized spacial score (nSPS) is 36.1. The summed E-state index contributed by atoms with van der Waals surface area (Å²) in [7, 11) is 0. The van der Waals surface area contributed by atoms with Crippen LogP contribution in [0.15, 0.2) is 0 Å². The third-order valence-electron chi connectivity index (χ3n) is 5.54. The summed E-state index contributed by atoms with van der Waals surface area (Å²) in [5, 5.41) is 3.85. The molecule has 20 heavy (non-hydrogen) atoms. The summed E-state index contributed by atoms with van der Waals surface area (Å²) >= 11 is 0. The highest BCUT2D eigenvalue weighted by atomic mass is 16.7. The second kappa shape index (κ2) is 5.56. The van der Waals surface area contributed by atoms with Crippen molar-refractivity contribution in [2.45, 2.75) is 76.9 Å². The Morgan fingerprint density at radius 3 is 2.35 bits per heavy atom. The van der Waals surface area contributed by atoms with E-state index in [9.17, 15) is 0 Å². The van der Waals surface area contributed by atoms with Gasteiger partial charge >= 0.3 is 0 Å². The van der Waals surface area contributed by atoms with E-state index in [1.54, 1.807) is 0 Å². The summed E-state index contributed by atoms with van der Waals surface area (Å²) in [6.45, 7) is 9.08. The van der Waals surface area contributed by atoms with E-state index in [-0.39, 0.29) is 11.2 Å². The zero-order valence-electron chi connectivity index (χ0n) is 13.1. The predicted molar refractivity (Wildman–Crippen MR) is 77.6 cm³/mol. The van der Waals surface area contributed by atoms with Gasteiger partial charge in [0, 0.05) is 36.9 Å². The maximum Gasteiger partial charge on any atom is 0.168 e. The van der Waals surface area contributed by atoms with Crippen LogP contribution in [-0.4, -0.2) is 43.8 Å². The van der Waals surface area contributed by atoms with Crippen molar-refractivity contribution in [3.63, 3.8) is 0 Å². The Kier molecular flexibility index (Phi) is 4.10. The van der Waals surface area contributed by atoms with E-state index >= 15 is 0 Å². The molecule has 1 N–H and O–H groups in total. The molecule has 3 rings (SSSR count). The van der Waals surface area contributed by atoms with E-state index < -0.39 is 0 Å². The Bertz CT molecular complexity index is 329. The van der Waals surface area contributed by atoms with E-state index in [0.29, 0.717) is 18.2 Å². The highest BCUT2D eigenvalue weighted by Crippen LogP contribution is 2.44. The van der Waals surface area contributed by atoms with Crippen LogP contribution in [0.5, 0.6) is 0 Å². The van der Waals surface area contributed by atoms with Crippen molar-refractivity contribution >= 4 is 0 Å². The van der Waals surface area contributed by atoms with Crippen LogP contribution in [0.1, 0.15) is 52.9 Å². The lowest BCUT2D eigenvalue weighted by Gasteiger charge is -2.53. The summed E-state index contributed by atoms with van der Waals surface area (Å²) in [6.07, 6.45) is 5.95. The molecule has 0 amide bonds. The quantitative estimate of drug-likeness (QED) is 0.860. The molecule has 4 heteroatoms. The minimum absolute atomic E-state index is 0.235. The fourth-order valence-corrected chi connectivity index (χ4v) is 3.95. The average molecular weight is 283 g/mol. The van der Waals surface area contributed by atoms with Gasteiger partial charge in [-0.2, -0.15) is 0 Å². The Morgan fingerprint density at radius 2 is 1.80 bits per heavy atom. The van der Waals surface area contributed by atoms with E-state index in [0.717, 1.165) is 51.9 Å². The molecule has 3 aliphatic rings. The van der Waals surface area contributed by atoms with Crippen molar-refractivity contribution in [1.82, 2.24) is 5.32 Å². The van der Waals surface area contributed by atoms with Crippen LogP contribution in [0.2, 0.25) is 0 Å². The third-order valence-corrected chi connectivity index (χ3v) is 5.54. The molecule has 1 saturated heterocycles. The summed E-state index contributed by atoms with van der Waals surface area (Å²) < 4.78 is 17.4. The third kappa shape index (κ3) is 2.63. The second-order valence-corrected chi connectivity index (χ2v) is 7.10. The van der Waals surface area contributed by atoms with Gasteiger partial charge < -0.3 is 19.5 Å². The first-order valence-corrected chi connectivity index (χ1v) is 8.21. The number of ether oxygens (including phenoxy) is 3. The summed E-state index contributed by atoms with van der Waals surface area (Å²) in [6, 6.07) is 1.20. The van der Waals surface area contributed by atoms with Gasteiger partial charge in [0.15, 0.2) is 5.79 Å². The molecule has 0 unspecified atom stereocenters. The molecule has 2 atom stereocenters. The van der Waals surface area contributed by atoms with Gasteiger partial charge in [-0.1, -0.05) is 13.8 Å². The van der Waals surface area contributed by atoms with Gasteiger partial charge in [0.05, 0.1) is 19.3 Å². The van der Waals surface area contributed by atoms with Crippen LogP contribution < -0.4 is 5.32 Å². The van der Waals surface area contributed by atoms with E-state index in [2.05, 4.69) is 26.1 Å². The maximum atomic E-state index is 5.81. The molecular formula is C16H29NO3. The molecule has 0 aromatic heterocycles. The molecule has 1 spiro atoms. The fourth-order valence-electron chi connectivity index (χ4n) is 3.95.